The van der Waals surface area contributed by atoms with Crippen molar-refractivity contribution < 1.29 is 0 Å². The Balaban J connectivity index is 1.81. The number of nitrogens with one attached hydrogen (secondary N) is 1. The number of aryl methyl sites for hydroxylation is 2. The van der Waals surface area contributed by atoms with Gasteiger partial charge in [0.2, 0.25) is 0 Å². The number of thiophene rings is 1. The lowest BCUT2D eigenvalue weighted by Gasteiger charge is -2.12. The fraction of sp³-hybridized carbons (Fsp3) is 0.150. The van der Waals surface area contributed by atoms with Crippen LogP contribution in [0.5, 0.6) is 0 Å². The third kappa shape index (κ3) is 2.99. The Bertz CT molecular complexity index is 1120. The Kier molecular flexibility index (Phi) is 4.26. The number of fused-ring (bicyclic) bond motifs is 1. The highest BCUT2D eigenvalue weighted by atomic mass is 32.1. The molecule has 0 fully saturated rings. The van der Waals surface area contributed by atoms with Gasteiger partial charge >= 0.3 is 0 Å². The molecule has 0 aromatic carbocycles. The summed E-state index contributed by atoms with van der Waals surface area (Å²) in [6, 6.07) is 9.70. The standard InChI is InChI=1S/C20H18N4OS/c1-3-24-17-9-19(23-18-5-4-13(2)10-21-18)22-11-15(17)8-16(20(24)25)14-6-7-26-12-14/h4-12H,3H2,1-2H3,(H,21,22,23). The number of aromatic nitrogens is 3. The zero-order valence-corrected chi connectivity index (χ0v) is 15.4. The minimum atomic E-state index is 0.0176. The van der Waals surface area contributed by atoms with Crippen molar-refractivity contribution in [3.8, 4) is 11.1 Å². The summed E-state index contributed by atoms with van der Waals surface area (Å²) >= 11 is 1.59. The molecule has 0 radical (unpaired) electrons. The second-order valence-electron chi connectivity index (χ2n) is 6.09. The largest absolute Gasteiger partial charge is 0.325 e. The molecule has 4 heterocycles. The van der Waals surface area contributed by atoms with Crippen LogP contribution in [0, 0.1) is 6.92 Å². The van der Waals surface area contributed by atoms with E-state index < -0.39 is 0 Å². The predicted octanol–water partition coefficient (Wildman–Crippen LogP) is 4.59. The minimum absolute atomic E-state index is 0.0176. The van der Waals surface area contributed by atoms with Crippen LogP contribution < -0.4 is 10.9 Å². The van der Waals surface area contributed by atoms with E-state index in [1.165, 1.54) is 0 Å². The molecule has 4 aromatic rings. The van der Waals surface area contributed by atoms with Crippen LogP contribution in [0.2, 0.25) is 0 Å². The SMILES string of the molecule is CCn1c(=O)c(-c2ccsc2)cc2cnc(Nc3ccc(C)cn3)cc21. The highest BCUT2D eigenvalue weighted by molar-refractivity contribution is 7.08. The third-order valence-corrected chi connectivity index (χ3v) is 4.98. The first-order valence-corrected chi connectivity index (χ1v) is 9.36. The number of anilines is 2. The first-order valence-electron chi connectivity index (χ1n) is 8.41. The van der Waals surface area contributed by atoms with Crippen molar-refractivity contribution in [2.75, 3.05) is 5.32 Å². The first kappa shape index (κ1) is 16.5. The molecule has 0 aliphatic rings. The molecular formula is C20H18N4OS. The zero-order valence-electron chi connectivity index (χ0n) is 14.6. The molecule has 0 amide bonds. The van der Waals surface area contributed by atoms with Gasteiger partial charge in [0.1, 0.15) is 11.6 Å². The topological polar surface area (TPSA) is 59.8 Å². The van der Waals surface area contributed by atoms with Gasteiger partial charge in [0, 0.05) is 36.0 Å². The molecule has 0 unspecified atom stereocenters. The number of pyridine rings is 3. The normalized spacial score (nSPS) is 11.0. The van der Waals surface area contributed by atoms with Crippen molar-refractivity contribution in [1.29, 1.82) is 0 Å². The number of nitrogens with zero attached hydrogens (tertiary/aromatic N) is 3. The maximum Gasteiger partial charge on any atom is 0.258 e. The van der Waals surface area contributed by atoms with E-state index in [9.17, 15) is 4.79 Å². The van der Waals surface area contributed by atoms with Crippen LogP contribution in [-0.4, -0.2) is 14.5 Å². The molecule has 26 heavy (non-hydrogen) atoms. The van der Waals surface area contributed by atoms with Gasteiger partial charge in [-0.1, -0.05) is 6.07 Å². The van der Waals surface area contributed by atoms with Crippen LogP contribution in [0.4, 0.5) is 11.6 Å². The van der Waals surface area contributed by atoms with Gasteiger partial charge < -0.3 is 9.88 Å². The third-order valence-electron chi connectivity index (χ3n) is 4.29. The molecule has 0 bridgehead atoms. The second-order valence-corrected chi connectivity index (χ2v) is 6.87. The highest BCUT2D eigenvalue weighted by Gasteiger charge is 2.12. The van der Waals surface area contributed by atoms with Crippen LogP contribution >= 0.6 is 11.3 Å². The summed E-state index contributed by atoms with van der Waals surface area (Å²) < 4.78 is 1.79. The molecular weight excluding hydrogens is 344 g/mol. The van der Waals surface area contributed by atoms with Crippen molar-refractivity contribution >= 4 is 33.9 Å². The van der Waals surface area contributed by atoms with Crippen LogP contribution in [0.1, 0.15) is 12.5 Å². The van der Waals surface area contributed by atoms with Crippen molar-refractivity contribution in [1.82, 2.24) is 14.5 Å². The van der Waals surface area contributed by atoms with Crippen LogP contribution in [0.3, 0.4) is 0 Å². The fourth-order valence-electron chi connectivity index (χ4n) is 2.95. The summed E-state index contributed by atoms with van der Waals surface area (Å²) in [5, 5.41) is 8.12. The Hall–Kier alpha value is -2.99. The van der Waals surface area contributed by atoms with Crippen molar-refractivity contribution in [3.63, 3.8) is 0 Å². The summed E-state index contributed by atoms with van der Waals surface area (Å²) in [6.07, 6.45) is 3.60. The summed E-state index contributed by atoms with van der Waals surface area (Å²) in [5.74, 6) is 1.39. The Labute approximate surface area is 155 Å². The Morgan fingerprint density at radius 3 is 2.65 bits per heavy atom. The van der Waals surface area contributed by atoms with Gasteiger partial charge in [-0.05, 0) is 53.9 Å². The Morgan fingerprint density at radius 1 is 1.12 bits per heavy atom. The molecule has 0 spiro atoms. The minimum Gasteiger partial charge on any atom is -0.325 e. The summed E-state index contributed by atoms with van der Waals surface area (Å²) in [7, 11) is 0. The van der Waals surface area contributed by atoms with Gasteiger partial charge in [-0.15, -0.1) is 0 Å². The smallest absolute Gasteiger partial charge is 0.258 e. The molecule has 6 heteroatoms. The highest BCUT2D eigenvalue weighted by Crippen LogP contribution is 2.24. The van der Waals surface area contributed by atoms with E-state index in [1.54, 1.807) is 28.3 Å². The lowest BCUT2D eigenvalue weighted by atomic mass is 10.1. The van der Waals surface area contributed by atoms with E-state index in [1.807, 2.05) is 54.9 Å². The number of hydrogen-bond donors (Lipinski definition) is 1. The molecule has 4 aromatic heterocycles. The van der Waals surface area contributed by atoms with E-state index in [2.05, 4.69) is 15.3 Å². The van der Waals surface area contributed by atoms with E-state index in [0.717, 1.165) is 27.8 Å². The summed E-state index contributed by atoms with van der Waals surface area (Å²) in [5.41, 5.74) is 3.64. The lowest BCUT2D eigenvalue weighted by molar-refractivity contribution is 0.761. The summed E-state index contributed by atoms with van der Waals surface area (Å²) in [6.45, 7) is 4.57. The van der Waals surface area contributed by atoms with Gasteiger partial charge in [-0.3, -0.25) is 4.79 Å². The molecule has 0 saturated heterocycles. The molecule has 0 aliphatic heterocycles. The predicted molar refractivity (Wildman–Crippen MR) is 107 cm³/mol. The van der Waals surface area contributed by atoms with Gasteiger partial charge in [-0.2, -0.15) is 11.3 Å². The zero-order chi connectivity index (χ0) is 18.1. The molecule has 130 valence electrons. The van der Waals surface area contributed by atoms with E-state index >= 15 is 0 Å². The van der Waals surface area contributed by atoms with Crippen LogP contribution in [0.25, 0.3) is 22.0 Å². The molecule has 5 nitrogen and oxygen atoms in total. The van der Waals surface area contributed by atoms with Gasteiger partial charge in [-0.25, -0.2) is 9.97 Å². The first-order chi connectivity index (χ1) is 12.7. The monoisotopic (exact) mass is 362 g/mol. The fourth-order valence-corrected chi connectivity index (χ4v) is 3.61. The number of hydrogen-bond acceptors (Lipinski definition) is 5. The molecule has 0 saturated carbocycles. The van der Waals surface area contributed by atoms with Crippen molar-refractivity contribution in [2.45, 2.75) is 20.4 Å². The van der Waals surface area contributed by atoms with Crippen molar-refractivity contribution in [2.24, 2.45) is 0 Å². The van der Waals surface area contributed by atoms with E-state index in [4.69, 9.17) is 0 Å². The summed E-state index contributed by atoms with van der Waals surface area (Å²) in [4.78, 5) is 21.8. The van der Waals surface area contributed by atoms with Gasteiger partial charge in [0.15, 0.2) is 0 Å². The average molecular weight is 362 g/mol. The second kappa shape index (κ2) is 6.72. The number of rotatable bonds is 4. The Morgan fingerprint density at radius 2 is 1.96 bits per heavy atom. The van der Waals surface area contributed by atoms with Gasteiger partial charge in [0.05, 0.1) is 5.52 Å². The van der Waals surface area contributed by atoms with Crippen molar-refractivity contribution in [3.05, 3.63) is 69.4 Å². The maximum atomic E-state index is 12.9. The lowest BCUT2D eigenvalue weighted by Crippen LogP contribution is -2.21. The van der Waals surface area contributed by atoms with Crippen LogP contribution in [-0.2, 0) is 6.54 Å². The van der Waals surface area contributed by atoms with E-state index in [0.29, 0.717) is 17.9 Å². The maximum absolute atomic E-state index is 12.9. The van der Waals surface area contributed by atoms with Crippen LogP contribution in [0.15, 0.2) is 58.3 Å². The average Bonchev–Trinajstić information content (AvgIpc) is 3.18. The molecule has 4 rings (SSSR count). The van der Waals surface area contributed by atoms with Gasteiger partial charge in [0.25, 0.3) is 5.56 Å². The molecule has 0 atom stereocenters. The van der Waals surface area contributed by atoms with E-state index in [-0.39, 0.29) is 5.56 Å². The molecule has 1 N–H and O–H groups in total. The quantitative estimate of drug-likeness (QED) is 0.577. The molecule has 0 aliphatic carbocycles.